The van der Waals surface area contributed by atoms with Gasteiger partial charge in [-0.3, -0.25) is 4.21 Å². The van der Waals surface area contributed by atoms with E-state index in [0.29, 0.717) is 5.02 Å². The normalized spacial score (nSPS) is 13.8. The van der Waals surface area contributed by atoms with Gasteiger partial charge in [0.15, 0.2) is 0 Å². The highest BCUT2D eigenvalue weighted by atomic mass is 35.5. The minimum absolute atomic E-state index is 0.150. The summed E-state index contributed by atoms with van der Waals surface area (Å²) in [5.41, 5.74) is 5.68. The molecule has 0 aliphatic heterocycles. The Morgan fingerprint density at radius 3 is 2.56 bits per heavy atom. The number of nitrogen functional groups attached to an aromatic ring is 1. The largest absolute Gasteiger partial charge is 0.398 e. The zero-order valence-corrected chi connectivity index (χ0v) is 9.62. The van der Waals surface area contributed by atoms with E-state index in [2.05, 4.69) is 0 Å². The molecule has 0 aromatic heterocycles. The van der Waals surface area contributed by atoms with Crippen molar-refractivity contribution in [3.63, 3.8) is 0 Å². The third-order valence-corrected chi connectivity index (χ3v) is 3.45. The summed E-state index contributed by atoms with van der Waals surface area (Å²) in [6.07, 6.45) is -5.42. The van der Waals surface area contributed by atoms with Gasteiger partial charge in [0.2, 0.25) is 0 Å². The zero-order valence-electron chi connectivity index (χ0n) is 8.05. The molecule has 1 aromatic rings. The van der Waals surface area contributed by atoms with Crippen LogP contribution in [0.25, 0.3) is 0 Å². The van der Waals surface area contributed by atoms with Gasteiger partial charge in [-0.25, -0.2) is 0 Å². The smallest absolute Gasteiger partial charge is 0.390 e. The van der Waals surface area contributed by atoms with Crippen LogP contribution in [-0.4, -0.2) is 16.1 Å². The molecule has 90 valence electrons. The SMILES string of the molecule is Nc1ccc(Cl)cc1S(=O)CCC(F)(F)F. The maximum atomic E-state index is 11.9. The molecule has 1 unspecified atom stereocenters. The van der Waals surface area contributed by atoms with Crippen LogP contribution in [0.3, 0.4) is 0 Å². The lowest BCUT2D eigenvalue weighted by Crippen LogP contribution is -2.13. The second-order valence-corrected chi connectivity index (χ2v) is 5.07. The molecule has 0 aliphatic rings. The maximum absolute atomic E-state index is 11.9. The minimum Gasteiger partial charge on any atom is -0.398 e. The van der Waals surface area contributed by atoms with E-state index in [-0.39, 0.29) is 10.6 Å². The number of nitrogens with two attached hydrogens (primary N) is 1. The molecule has 0 saturated carbocycles. The van der Waals surface area contributed by atoms with Gasteiger partial charge in [0.1, 0.15) is 0 Å². The molecular formula is C9H9ClF3NOS. The van der Waals surface area contributed by atoms with Crippen molar-refractivity contribution in [3.8, 4) is 0 Å². The van der Waals surface area contributed by atoms with Crippen LogP contribution in [0.15, 0.2) is 23.1 Å². The number of alkyl halides is 3. The van der Waals surface area contributed by atoms with Crippen molar-refractivity contribution in [2.75, 3.05) is 11.5 Å². The quantitative estimate of drug-likeness (QED) is 0.859. The van der Waals surface area contributed by atoms with Gasteiger partial charge in [-0.2, -0.15) is 13.2 Å². The van der Waals surface area contributed by atoms with Crippen molar-refractivity contribution in [2.45, 2.75) is 17.5 Å². The molecule has 7 heteroatoms. The molecule has 1 atom stereocenters. The molecule has 0 radical (unpaired) electrons. The molecule has 0 bridgehead atoms. The number of hydrogen-bond donors (Lipinski definition) is 1. The molecule has 16 heavy (non-hydrogen) atoms. The molecular weight excluding hydrogens is 263 g/mol. The van der Waals surface area contributed by atoms with Crippen LogP contribution in [-0.2, 0) is 10.8 Å². The van der Waals surface area contributed by atoms with Crippen molar-refractivity contribution in [1.29, 1.82) is 0 Å². The van der Waals surface area contributed by atoms with E-state index in [9.17, 15) is 17.4 Å². The maximum Gasteiger partial charge on any atom is 0.390 e. The third-order valence-electron chi connectivity index (χ3n) is 1.79. The number of rotatable bonds is 3. The molecule has 2 nitrogen and oxygen atoms in total. The van der Waals surface area contributed by atoms with Crippen molar-refractivity contribution >= 4 is 28.1 Å². The fourth-order valence-corrected chi connectivity index (χ4v) is 2.49. The van der Waals surface area contributed by atoms with Crippen LogP contribution in [0.1, 0.15) is 6.42 Å². The van der Waals surface area contributed by atoms with E-state index < -0.39 is 29.1 Å². The lowest BCUT2D eigenvalue weighted by Gasteiger charge is -2.08. The first-order valence-corrected chi connectivity index (χ1v) is 5.99. The number of hydrogen-bond acceptors (Lipinski definition) is 2. The standard InChI is InChI=1S/C9H9ClF3NOS/c10-6-1-2-7(14)8(5-6)16(15)4-3-9(11,12)13/h1-2,5H,3-4,14H2. The Labute approximate surface area is 98.0 Å². The zero-order chi connectivity index (χ0) is 12.3. The van der Waals surface area contributed by atoms with Gasteiger partial charge < -0.3 is 5.73 Å². The van der Waals surface area contributed by atoms with Crippen molar-refractivity contribution < 1.29 is 17.4 Å². The molecule has 0 spiro atoms. The molecule has 0 aliphatic carbocycles. The predicted octanol–water partition coefficient (Wildman–Crippen LogP) is 2.98. The van der Waals surface area contributed by atoms with Crippen LogP contribution in [0.2, 0.25) is 5.02 Å². The van der Waals surface area contributed by atoms with Gasteiger partial charge in [0.25, 0.3) is 0 Å². The Morgan fingerprint density at radius 1 is 1.38 bits per heavy atom. The van der Waals surface area contributed by atoms with Gasteiger partial charge in [0, 0.05) is 16.5 Å². The summed E-state index contributed by atoms with van der Waals surface area (Å²) in [6.45, 7) is 0. The Balaban J connectivity index is 2.77. The molecule has 0 fully saturated rings. The Hall–Kier alpha value is -0.750. The first-order valence-electron chi connectivity index (χ1n) is 4.30. The van der Waals surface area contributed by atoms with Crippen LogP contribution >= 0.6 is 11.6 Å². The predicted molar refractivity (Wildman–Crippen MR) is 57.8 cm³/mol. The summed E-state index contributed by atoms with van der Waals surface area (Å²) in [7, 11) is -1.78. The van der Waals surface area contributed by atoms with Gasteiger partial charge in [-0.15, -0.1) is 0 Å². The summed E-state index contributed by atoms with van der Waals surface area (Å²) in [6, 6.07) is 4.23. The topological polar surface area (TPSA) is 43.1 Å². The second kappa shape index (κ2) is 5.05. The molecule has 0 amide bonds. The van der Waals surface area contributed by atoms with E-state index in [4.69, 9.17) is 17.3 Å². The summed E-state index contributed by atoms with van der Waals surface area (Å²) in [5, 5.41) is 0.296. The van der Waals surface area contributed by atoms with Gasteiger partial charge in [-0.05, 0) is 18.2 Å². The summed E-state index contributed by atoms with van der Waals surface area (Å²) in [5.74, 6) is -0.506. The van der Waals surface area contributed by atoms with Gasteiger partial charge >= 0.3 is 6.18 Å². The fraction of sp³-hybridized carbons (Fsp3) is 0.333. The molecule has 1 aromatic carbocycles. The minimum atomic E-state index is -4.32. The van der Waals surface area contributed by atoms with Crippen molar-refractivity contribution in [1.82, 2.24) is 0 Å². The Bertz CT molecular complexity index is 408. The number of benzene rings is 1. The fourth-order valence-electron chi connectivity index (χ4n) is 1.02. The highest BCUT2D eigenvalue weighted by Gasteiger charge is 2.28. The average Bonchev–Trinajstić information content (AvgIpc) is 2.17. The highest BCUT2D eigenvalue weighted by Crippen LogP contribution is 2.25. The summed E-state index contributed by atoms with van der Waals surface area (Å²) < 4.78 is 47.3. The third kappa shape index (κ3) is 4.02. The lowest BCUT2D eigenvalue weighted by molar-refractivity contribution is -0.129. The van der Waals surface area contributed by atoms with E-state index in [1.807, 2.05) is 0 Å². The van der Waals surface area contributed by atoms with E-state index in [0.717, 1.165) is 0 Å². The summed E-state index contributed by atoms with van der Waals surface area (Å²) >= 11 is 5.64. The monoisotopic (exact) mass is 271 g/mol. The van der Waals surface area contributed by atoms with Gasteiger partial charge in [0.05, 0.1) is 22.1 Å². The van der Waals surface area contributed by atoms with Gasteiger partial charge in [-0.1, -0.05) is 11.6 Å². The first kappa shape index (κ1) is 13.3. The molecule has 2 N–H and O–H groups in total. The van der Waals surface area contributed by atoms with E-state index in [1.165, 1.54) is 18.2 Å². The first-order chi connectivity index (χ1) is 7.29. The van der Waals surface area contributed by atoms with Crippen LogP contribution < -0.4 is 5.73 Å². The van der Waals surface area contributed by atoms with Crippen molar-refractivity contribution in [3.05, 3.63) is 23.2 Å². The molecule has 0 heterocycles. The second-order valence-electron chi connectivity index (χ2n) is 3.10. The lowest BCUT2D eigenvalue weighted by atomic mass is 10.3. The molecule has 0 saturated heterocycles. The molecule has 1 rings (SSSR count). The van der Waals surface area contributed by atoms with Crippen LogP contribution in [0.4, 0.5) is 18.9 Å². The number of anilines is 1. The van der Waals surface area contributed by atoms with E-state index in [1.54, 1.807) is 0 Å². The van der Waals surface area contributed by atoms with Crippen LogP contribution in [0.5, 0.6) is 0 Å². The Morgan fingerprint density at radius 2 is 2.00 bits per heavy atom. The average molecular weight is 272 g/mol. The van der Waals surface area contributed by atoms with Crippen molar-refractivity contribution in [2.24, 2.45) is 0 Å². The van der Waals surface area contributed by atoms with E-state index >= 15 is 0 Å². The van der Waals surface area contributed by atoms with Crippen LogP contribution in [0, 0.1) is 0 Å². The number of halogens is 4. The summed E-state index contributed by atoms with van der Waals surface area (Å²) in [4.78, 5) is 0.150. The Kier molecular flexibility index (Phi) is 4.21. The highest BCUT2D eigenvalue weighted by molar-refractivity contribution is 7.85.